The van der Waals surface area contributed by atoms with Crippen molar-refractivity contribution in [3.8, 4) is 0 Å². The Bertz CT molecular complexity index is 1240. The molecule has 3 saturated heterocycles. The van der Waals surface area contributed by atoms with Crippen LogP contribution in [-0.2, 0) is 64.3 Å². The number of rotatable bonds is 22. The van der Waals surface area contributed by atoms with E-state index in [4.69, 9.17) is 93.8 Å². The third-order valence-corrected chi connectivity index (χ3v) is 12.1. The second-order valence-corrected chi connectivity index (χ2v) is 57.4. The van der Waals surface area contributed by atoms with E-state index in [1.807, 2.05) is 41.8 Å². The van der Waals surface area contributed by atoms with Gasteiger partial charge in [0.2, 0.25) is 0 Å². The van der Waals surface area contributed by atoms with Crippen LogP contribution in [0, 0.1) is 0 Å². The number of phosphoric ester groups is 2. The summed E-state index contributed by atoms with van der Waals surface area (Å²) in [6, 6.07) is -1.68. The van der Waals surface area contributed by atoms with Crippen molar-refractivity contribution in [3.05, 3.63) is 0 Å². The fourth-order valence-electron chi connectivity index (χ4n) is 5.26. The highest BCUT2D eigenvalue weighted by Gasteiger charge is 2.47. The summed E-state index contributed by atoms with van der Waals surface area (Å²) in [5, 5.41) is 0. The Balaban J connectivity index is -0.000000567. The molecule has 0 aromatic rings. The predicted octanol–water partition coefficient (Wildman–Crippen LogP) is 8.78. The van der Waals surface area contributed by atoms with Crippen molar-refractivity contribution in [1.82, 2.24) is 4.67 Å². The lowest BCUT2D eigenvalue weighted by atomic mass is 9.03. The molecule has 0 aromatic carbocycles. The summed E-state index contributed by atoms with van der Waals surface area (Å²) in [4.78, 5) is 0. The summed E-state index contributed by atoms with van der Waals surface area (Å²) >= 11 is 0. The third kappa shape index (κ3) is 41.4. The number of methoxy groups -OCH3 is 1. The predicted molar refractivity (Wildman–Crippen MR) is 352 cm³/mol. The fourth-order valence-corrected chi connectivity index (χ4v) is 8.58. The van der Waals surface area contributed by atoms with Gasteiger partial charge >= 0.3 is 15.6 Å². The van der Waals surface area contributed by atoms with Gasteiger partial charge in [-0.3, -0.25) is 27.1 Å². The van der Waals surface area contributed by atoms with Gasteiger partial charge in [-0.15, -0.1) is 98.2 Å². The lowest BCUT2D eigenvalue weighted by molar-refractivity contribution is -0.0378. The molecule has 15 nitrogen and oxygen atoms in total. The highest BCUT2D eigenvalue weighted by molar-refractivity contribution is 8.66. The molecule has 42 heteroatoms. The van der Waals surface area contributed by atoms with Crippen molar-refractivity contribution in [3.63, 3.8) is 0 Å². The van der Waals surface area contributed by atoms with Crippen LogP contribution in [0.4, 0.5) is 0 Å². The molecule has 0 aromatic heterocycles. The first-order valence-corrected chi connectivity index (χ1v) is 47.4. The summed E-state index contributed by atoms with van der Waals surface area (Å²) in [7, 11) is 60.8. The van der Waals surface area contributed by atoms with E-state index < -0.39 is 98.4 Å². The van der Waals surface area contributed by atoms with Gasteiger partial charge in [0.05, 0.1) is 58.3 Å². The third-order valence-electron chi connectivity index (χ3n) is 7.79. The Hall–Kier alpha value is 7.40. The van der Waals surface area contributed by atoms with Gasteiger partial charge in [-0.1, -0.05) is 43.1 Å². The highest BCUT2D eigenvalue weighted by Crippen LogP contribution is 2.61. The largest absolute Gasteiger partial charge is 0.474 e. The Kier molecular flexibility index (Phi) is 63.5. The zero-order chi connectivity index (χ0) is 53.1. The van der Waals surface area contributed by atoms with Crippen molar-refractivity contribution in [2.45, 2.75) is 109 Å². The van der Waals surface area contributed by atoms with Crippen molar-refractivity contribution >= 4 is 217 Å². The molecule has 3 heterocycles. The molecule has 0 N–H and O–H groups in total. The molecule has 3 aliphatic heterocycles. The van der Waals surface area contributed by atoms with Crippen molar-refractivity contribution < 1.29 is 64.3 Å². The summed E-state index contributed by atoms with van der Waals surface area (Å²) in [5.41, 5.74) is 0. The Morgan fingerprint density at radius 2 is 1.04 bits per heavy atom. The van der Waals surface area contributed by atoms with Crippen LogP contribution >= 0.6 is 151 Å². The molecule has 68 heavy (non-hydrogen) atoms. The van der Waals surface area contributed by atoms with Gasteiger partial charge in [-0.2, -0.15) is 0 Å². The number of hydrogen-bond acceptors (Lipinski definition) is 15. The molecule has 3 aliphatic rings. The minimum Gasteiger partial charge on any atom is -0.382 e. The quantitative estimate of drug-likeness (QED) is 0.0751. The van der Waals surface area contributed by atoms with Crippen LogP contribution < -0.4 is 0 Å². The first-order valence-electron chi connectivity index (χ1n) is 20.1. The van der Waals surface area contributed by atoms with E-state index >= 15 is 0 Å². The van der Waals surface area contributed by atoms with Gasteiger partial charge in [0.1, 0.15) is 18.3 Å². The van der Waals surface area contributed by atoms with Gasteiger partial charge in [0.15, 0.2) is 0 Å². The van der Waals surface area contributed by atoms with Gasteiger partial charge in [0, 0.05) is 92.2 Å². The molecule has 0 aliphatic carbocycles. The van der Waals surface area contributed by atoms with Crippen LogP contribution in [0.1, 0.15) is 54.4 Å². The molecule has 0 saturated carbocycles. The van der Waals surface area contributed by atoms with Crippen LogP contribution in [0.3, 0.4) is 0 Å². The molecule has 23 atom stereocenters. The molecule has 17 unspecified atom stereocenters. The van der Waals surface area contributed by atoms with Crippen molar-refractivity contribution in [1.29, 1.82) is 0 Å². The van der Waals surface area contributed by atoms with Crippen LogP contribution in [-0.4, -0.2) is 188 Å². The Morgan fingerprint density at radius 1 is 0.676 bits per heavy atom. The highest BCUT2D eigenvalue weighted by atomic mass is 32.7. The summed E-state index contributed by atoms with van der Waals surface area (Å²) in [6.45, 7) is 6.36. The van der Waals surface area contributed by atoms with E-state index in [0.717, 1.165) is 15.1 Å². The van der Waals surface area contributed by atoms with E-state index in [2.05, 4.69) is 98.2 Å². The van der Waals surface area contributed by atoms with Crippen molar-refractivity contribution in [2.24, 2.45) is 0 Å². The van der Waals surface area contributed by atoms with Crippen LogP contribution in [0.2, 0.25) is 0 Å². The van der Waals surface area contributed by atoms with Crippen LogP contribution in [0.5, 0.6) is 0 Å². The first kappa shape index (κ1) is 84.2. The number of ether oxygens (including phenoxy) is 4. The van der Waals surface area contributed by atoms with Gasteiger partial charge in [0.25, 0.3) is 8.53 Å². The minimum absolute atomic E-state index is 0. The zero-order valence-corrected chi connectivity index (χ0v) is 59.4. The maximum absolute atomic E-state index is 13.7. The molecule has 12 radical (unpaired) electrons. The molecular weight excluding hydrogens is 1210 g/mol. The lowest BCUT2D eigenvalue weighted by Gasteiger charge is -2.28. The molecule has 0 spiro atoms. The fraction of sp³-hybridized carbons (Fsp3) is 1.00. The van der Waals surface area contributed by atoms with E-state index in [-0.39, 0.29) is 54.4 Å². The standard InChI is InChI=1S/C21H39B9NO14P3.2C2H6.CH4.3H6P4.H5P3/c1-31(2)46(35-4)43-13-7-19(27-22)40-17(13)11-38-47(32,36-5)44-14-8-20(29(24)25)41-18(14)12-39-48(33,37-6)45-15-9-21(30(26)28-23)42-16(15)10-34-3;2*1-2;;3*1-4(2)3;1-3-2/h13-21H,7-12H2,1-6H3;2*1-2H3;1H4;3*1-3H2;3H,1-2H2/t13?,14?,15?,16-,17-,18-,19-,20-,21-,46?,47?,48?;;;;;;;/m1......./s1. The second-order valence-electron chi connectivity index (χ2n) is 12.9. The molecule has 0 bridgehead atoms. The zero-order valence-electron chi connectivity index (χ0n) is 40.3. The average Bonchev–Trinajstić information content (AvgIpc) is 3.98. The van der Waals surface area contributed by atoms with Crippen molar-refractivity contribution in [2.75, 3.05) is 62.4 Å². The topological polar surface area (TPSA) is 148 Å². The van der Waals surface area contributed by atoms with Gasteiger partial charge in [-0.05, 0) is 54.3 Å². The average molecular weight is 1280 g/mol. The number of nitrogens with zero attached hydrogens (tertiary/aromatic N) is 1. The van der Waals surface area contributed by atoms with Crippen LogP contribution in [0.15, 0.2) is 0 Å². The Labute approximate surface area is 454 Å². The molecule has 3 rings (SSSR count). The number of hydrogen-bond donors (Lipinski definition) is 0. The summed E-state index contributed by atoms with van der Waals surface area (Å²) in [5.74, 6) is 0. The van der Waals surface area contributed by atoms with E-state index in [1.165, 1.54) is 35.6 Å². The molecular formula is C26H78B9NO14P18. The smallest absolute Gasteiger partial charge is 0.382 e. The monoisotopic (exact) mass is 1290 g/mol. The van der Waals surface area contributed by atoms with Gasteiger partial charge in [-0.25, -0.2) is 13.8 Å². The maximum atomic E-state index is 13.7. The van der Waals surface area contributed by atoms with Crippen LogP contribution in [0.25, 0.3) is 0 Å². The van der Waals surface area contributed by atoms with E-state index in [9.17, 15) is 9.13 Å². The summed E-state index contributed by atoms with van der Waals surface area (Å²) in [6.07, 6.45) is -3.82. The lowest BCUT2D eigenvalue weighted by Crippen LogP contribution is -2.38. The molecule has 0 amide bonds. The summed E-state index contributed by atoms with van der Waals surface area (Å²) < 4.78 is 97.0. The van der Waals surface area contributed by atoms with Gasteiger partial charge < -0.3 is 28.0 Å². The first-order chi connectivity index (χ1) is 31.3. The molecule has 388 valence electrons. The Morgan fingerprint density at radius 3 is 1.37 bits per heavy atom. The number of phosphoric acid groups is 2. The second kappa shape index (κ2) is 51.3. The minimum atomic E-state index is -4.26. The van der Waals surface area contributed by atoms with E-state index in [1.54, 1.807) is 4.67 Å². The normalized spacial score (nSPS) is 25.8. The molecule has 3 fully saturated rings. The SMILES string of the molecule is C.CC.CC.PP(P)P.PP(P)P.PP(P)P.PPP.[B][B]B([B])[C@H]1CC(OP(=O)(OC)OC[C@H]2O[C@@H](B([B])[B])CC2OP(=O)(OC)OC[C@H]2O[C@@H]([B][B])CC2OP(OC)N(C)C)[C@@H](COC)O1. The maximum Gasteiger partial charge on any atom is 0.474 e. The van der Waals surface area contributed by atoms with E-state index in [0.29, 0.717) is 6.42 Å².